The molecule has 0 saturated heterocycles. The summed E-state index contributed by atoms with van der Waals surface area (Å²) in [4.78, 5) is 46.6. The van der Waals surface area contributed by atoms with Gasteiger partial charge >= 0.3 is 6.18 Å². The minimum Gasteiger partial charge on any atom is -0.382 e. The van der Waals surface area contributed by atoms with Gasteiger partial charge in [-0.1, -0.05) is 74.5 Å². The topological polar surface area (TPSA) is 94.0 Å². The summed E-state index contributed by atoms with van der Waals surface area (Å²) in [6.07, 6.45) is -4.29. The van der Waals surface area contributed by atoms with Crippen molar-refractivity contribution in [3.63, 3.8) is 0 Å². The van der Waals surface area contributed by atoms with Crippen LogP contribution in [0, 0.1) is 5.92 Å². The molecule has 0 aliphatic carbocycles. The van der Waals surface area contributed by atoms with Crippen LogP contribution in [0.5, 0.6) is 0 Å². The van der Waals surface area contributed by atoms with Gasteiger partial charge in [0.05, 0.1) is 17.3 Å². The average molecular weight is 581 g/mol. The molecule has 11 heteroatoms. The minimum absolute atomic E-state index is 0.00243. The number of aromatic nitrogens is 1. The Morgan fingerprint density at radius 2 is 1.62 bits per heavy atom. The molecule has 8 nitrogen and oxygen atoms in total. The standard InChI is InChI=1S/C31H31F3N4O4/c1-20(2)27-30(42)38(37(21(3)39)25(28(40)31(32,33)34)17-22-11-6-4-7-12-22)26(23-13-8-5-9-14-23)19-36(27)29(41)24-15-10-16-35-18-24/h4-16,18-20,25,27-28,40H,17H2,1-3H3. The highest BCUT2D eigenvalue weighted by atomic mass is 19.4. The molecule has 3 atom stereocenters. The predicted molar refractivity (Wildman–Crippen MR) is 149 cm³/mol. The summed E-state index contributed by atoms with van der Waals surface area (Å²) >= 11 is 0. The summed E-state index contributed by atoms with van der Waals surface area (Å²) in [5.41, 5.74) is 0.979. The van der Waals surface area contributed by atoms with Crippen LogP contribution in [0.3, 0.4) is 0 Å². The summed E-state index contributed by atoms with van der Waals surface area (Å²) in [7, 11) is 0. The summed E-state index contributed by atoms with van der Waals surface area (Å²) in [5, 5.41) is 12.2. The molecule has 3 unspecified atom stereocenters. The van der Waals surface area contributed by atoms with Gasteiger partial charge in [-0.2, -0.15) is 13.2 Å². The molecule has 2 heterocycles. The quantitative estimate of drug-likeness (QED) is 0.418. The molecule has 220 valence electrons. The molecule has 42 heavy (non-hydrogen) atoms. The van der Waals surface area contributed by atoms with Crippen molar-refractivity contribution in [2.45, 2.75) is 51.6 Å². The van der Waals surface area contributed by atoms with Crippen LogP contribution in [0.4, 0.5) is 13.2 Å². The van der Waals surface area contributed by atoms with E-state index in [-0.39, 0.29) is 11.3 Å². The Hall–Kier alpha value is -4.51. The lowest BCUT2D eigenvalue weighted by atomic mass is 9.96. The Balaban J connectivity index is 1.94. The van der Waals surface area contributed by atoms with Gasteiger partial charge in [-0.15, -0.1) is 0 Å². The van der Waals surface area contributed by atoms with E-state index in [0.717, 1.165) is 11.9 Å². The Kier molecular flexibility index (Phi) is 9.11. The Morgan fingerprint density at radius 3 is 2.14 bits per heavy atom. The molecule has 0 saturated carbocycles. The van der Waals surface area contributed by atoms with Crippen molar-refractivity contribution < 1.29 is 32.7 Å². The lowest BCUT2D eigenvalue weighted by Crippen LogP contribution is -2.65. The number of hydrogen-bond donors (Lipinski definition) is 1. The monoisotopic (exact) mass is 580 g/mol. The Labute approximate surface area is 241 Å². The Morgan fingerprint density at radius 1 is 1.00 bits per heavy atom. The van der Waals surface area contributed by atoms with Crippen molar-refractivity contribution in [1.82, 2.24) is 19.9 Å². The molecule has 0 bridgehead atoms. The average Bonchev–Trinajstić information content (AvgIpc) is 2.97. The first kappa shape index (κ1) is 30.4. The first-order valence-electron chi connectivity index (χ1n) is 13.3. The maximum atomic E-state index is 14.4. The van der Waals surface area contributed by atoms with Gasteiger partial charge in [0, 0.05) is 31.1 Å². The number of benzene rings is 2. The lowest BCUT2D eigenvalue weighted by Gasteiger charge is -2.48. The van der Waals surface area contributed by atoms with E-state index in [0.29, 0.717) is 16.1 Å². The maximum absolute atomic E-state index is 14.4. The van der Waals surface area contributed by atoms with E-state index in [2.05, 4.69) is 4.98 Å². The van der Waals surface area contributed by atoms with E-state index < -0.39 is 54.4 Å². The third-order valence-electron chi connectivity index (χ3n) is 6.93. The van der Waals surface area contributed by atoms with E-state index >= 15 is 0 Å². The number of rotatable bonds is 8. The largest absolute Gasteiger partial charge is 0.416 e. The fourth-order valence-electron chi connectivity index (χ4n) is 5.02. The van der Waals surface area contributed by atoms with Gasteiger partial charge < -0.3 is 5.11 Å². The van der Waals surface area contributed by atoms with Gasteiger partial charge in [-0.25, -0.2) is 10.0 Å². The molecule has 1 aromatic heterocycles. The van der Waals surface area contributed by atoms with Gasteiger partial charge in [0.15, 0.2) is 6.10 Å². The fourth-order valence-corrected chi connectivity index (χ4v) is 5.02. The number of alkyl halides is 3. The van der Waals surface area contributed by atoms with E-state index in [4.69, 9.17) is 0 Å². The number of carbonyl (C=O) groups is 3. The molecule has 0 fully saturated rings. The highest BCUT2D eigenvalue weighted by Crippen LogP contribution is 2.36. The molecule has 0 radical (unpaired) electrons. The van der Waals surface area contributed by atoms with Crippen LogP contribution in [0.2, 0.25) is 0 Å². The zero-order chi connectivity index (χ0) is 30.6. The van der Waals surface area contributed by atoms with Crippen LogP contribution in [-0.4, -0.2) is 67.1 Å². The second-order valence-electron chi connectivity index (χ2n) is 10.3. The number of amides is 3. The highest BCUT2D eigenvalue weighted by molar-refractivity contribution is 6.03. The van der Waals surface area contributed by atoms with Crippen molar-refractivity contribution in [3.05, 3.63) is 108 Å². The molecular formula is C31H31F3N4O4. The van der Waals surface area contributed by atoms with E-state index in [1.54, 1.807) is 80.6 Å². The van der Waals surface area contributed by atoms with Crippen LogP contribution in [0.25, 0.3) is 5.70 Å². The summed E-state index contributed by atoms with van der Waals surface area (Å²) in [5.74, 6) is -2.76. The first-order chi connectivity index (χ1) is 19.9. The second kappa shape index (κ2) is 12.6. The molecule has 4 rings (SSSR count). The molecule has 1 aliphatic rings. The van der Waals surface area contributed by atoms with Gasteiger partial charge in [-0.05, 0) is 30.0 Å². The molecule has 1 aliphatic heterocycles. The number of nitrogens with zero attached hydrogens (tertiary/aromatic N) is 4. The molecule has 3 amide bonds. The third kappa shape index (κ3) is 6.36. The molecule has 2 aromatic carbocycles. The van der Waals surface area contributed by atoms with Crippen molar-refractivity contribution in [2.75, 3.05) is 0 Å². The third-order valence-corrected chi connectivity index (χ3v) is 6.93. The smallest absolute Gasteiger partial charge is 0.382 e. The van der Waals surface area contributed by atoms with Crippen LogP contribution in [0.1, 0.15) is 42.3 Å². The lowest BCUT2D eigenvalue weighted by molar-refractivity contribution is -0.232. The van der Waals surface area contributed by atoms with Crippen molar-refractivity contribution in [1.29, 1.82) is 0 Å². The molecule has 3 aromatic rings. The number of aliphatic hydroxyl groups is 1. The highest BCUT2D eigenvalue weighted by Gasteiger charge is 2.51. The van der Waals surface area contributed by atoms with Crippen molar-refractivity contribution >= 4 is 23.4 Å². The van der Waals surface area contributed by atoms with Crippen LogP contribution < -0.4 is 0 Å². The summed E-state index contributed by atoms with van der Waals surface area (Å²) < 4.78 is 42.3. The maximum Gasteiger partial charge on any atom is 0.416 e. The number of carbonyl (C=O) groups excluding carboxylic acids is 3. The summed E-state index contributed by atoms with van der Waals surface area (Å²) in [6, 6.07) is 16.4. The SMILES string of the molecule is CC(=O)N(C(Cc1ccccc1)C(O)C(F)(F)F)N1C(=O)C(C(C)C)N(C(=O)c2cccnc2)C=C1c1ccccc1. The number of hydrogen-bond acceptors (Lipinski definition) is 5. The summed E-state index contributed by atoms with van der Waals surface area (Å²) in [6.45, 7) is 4.42. The van der Waals surface area contributed by atoms with Gasteiger partial charge in [0.1, 0.15) is 6.04 Å². The normalized spacial score (nSPS) is 17.1. The minimum atomic E-state index is -5.11. The van der Waals surface area contributed by atoms with Crippen LogP contribution >= 0.6 is 0 Å². The second-order valence-corrected chi connectivity index (χ2v) is 10.3. The first-order valence-corrected chi connectivity index (χ1v) is 13.3. The molecular weight excluding hydrogens is 549 g/mol. The van der Waals surface area contributed by atoms with E-state index in [9.17, 15) is 32.7 Å². The van der Waals surface area contributed by atoms with Crippen LogP contribution in [0.15, 0.2) is 91.4 Å². The van der Waals surface area contributed by atoms with Crippen LogP contribution in [-0.2, 0) is 16.0 Å². The zero-order valence-electron chi connectivity index (χ0n) is 23.3. The molecule has 1 N–H and O–H groups in total. The zero-order valence-corrected chi connectivity index (χ0v) is 23.3. The van der Waals surface area contributed by atoms with E-state index in [1.807, 2.05) is 0 Å². The fraction of sp³-hybridized carbons (Fsp3) is 0.290. The van der Waals surface area contributed by atoms with Gasteiger partial charge in [0.25, 0.3) is 11.8 Å². The van der Waals surface area contributed by atoms with Crippen molar-refractivity contribution in [2.24, 2.45) is 5.92 Å². The number of pyridine rings is 1. The Bertz CT molecular complexity index is 1430. The number of aliphatic hydroxyl groups excluding tert-OH is 1. The number of hydrazine groups is 1. The van der Waals surface area contributed by atoms with E-state index in [1.165, 1.54) is 29.6 Å². The van der Waals surface area contributed by atoms with Gasteiger partial charge in [-0.3, -0.25) is 24.3 Å². The predicted octanol–water partition coefficient (Wildman–Crippen LogP) is 4.69. The molecule has 0 spiro atoms. The van der Waals surface area contributed by atoms with Gasteiger partial charge in [0.2, 0.25) is 5.91 Å². The van der Waals surface area contributed by atoms with Crippen molar-refractivity contribution in [3.8, 4) is 0 Å². The number of halogens is 3.